The molecule has 20 heavy (non-hydrogen) atoms. The van der Waals surface area contributed by atoms with Crippen molar-refractivity contribution < 1.29 is 9.53 Å². The minimum atomic E-state index is -0.481. The number of anilines is 2. The van der Waals surface area contributed by atoms with Crippen molar-refractivity contribution in [1.29, 1.82) is 0 Å². The summed E-state index contributed by atoms with van der Waals surface area (Å²) in [5, 5.41) is 10.2. The SMILES string of the molecule is COC(=O)Nc1cccc(NCc2cn(C)nc2C)c1. The summed E-state index contributed by atoms with van der Waals surface area (Å²) in [6, 6.07) is 7.46. The van der Waals surface area contributed by atoms with E-state index in [4.69, 9.17) is 0 Å². The van der Waals surface area contributed by atoms with Crippen LogP contribution in [0.3, 0.4) is 0 Å². The molecule has 2 aromatic rings. The Kier molecular flexibility index (Phi) is 4.24. The Morgan fingerprint density at radius 2 is 2.15 bits per heavy atom. The number of benzene rings is 1. The van der Waals surface area contributed by atoms with E-state index >= 15 is 0 Å². The third kappa shape index (κ3) is 3.50. The Labute approximate surface area is 117 Å². The Hall–Kier alpha value is -2.50. The number of nitrogens with zero attached hydrogens (tertiary/aromatic N) is 2. The molecule has 0 fully saturated rings. The molecule has 6 heteroatoms. The second kappa shape index (κ2) is 6.10. The van der Waals surface area contributed by atoms with E-state index in [9.17, 15) is 4.79 Å². The van der Waals surface area contributed by atoms with E-state index in [1.165, 1.54) is 7.11 Å². The minimum absolute atomic E-state index is 0.481. The van der Waals surface area contributed by atoms with Gasteiger partial charge in [0.15, 0.2) is 0 Å². The van der Waals surface area contributed by atoms with Crippen molar-refractivity contribution in [3.63, 3.8) is 0 Å². The van der Waals surface area contributed by atoms with Crippen molar-refractivity contribution in [3.8, 4) is 0 Å². The van der Waals surface area contributed by atoms with Crippen LogP contribution in [0.1, 0.15) is 11.3 Å². The summed E-state index contributed by atoms with van der Waals surface area (Å²) in [4.78, 5) is 11.2. The topological polar surface area (TPSA) is 68.2 Å². The maximum Gasteiger partial charge on any atom is 0.411 e. The van der Waals surface area contributed by atoms with Gasteiger partial charge in [-0.2, -0.15) is 5.10 Å². The maximum absolute atomic E-state index is 11.2. The first kappa shape index (κ1) is 13.9. The molecule has 0 saturated carbocycles. The van der Waals surface area contributed by atoms with E-state index < -0.39 is 6.09 Å². The summed E-state index contributed by atoms with van der Waals surface area (Å²) in [5.74, 6) is 0. The number of rotatable bonds is 4. The highest BCUT2D eigenvalue weighted by molar-refractivity contribution is 5.85. The smallest absolute Gasteiger partial charge is 0.411 e. The molecule has 1 amide bonds. The maximum atomic E-state index is 11.2. The van der Waals surface area contributed by atoms with Gasteiger partial charge < -0.3 is 10.1 Å². The predicted molar refractivity (Wildman–Crippen MR) is 77.7 cm³/mol. The number of hydrogen-bond donors (Lipinski definition) is 2. The van der Waals surface area contributed by atoms with Crippen molar-refractivity contribution in [2.75, 3.05) is 17.7 Å². The quantitative estimate of drug-likeness (QED) is 0.899. The van der Waals surface area contributed by atoms with Crippen molar-refractivity contribution in [3.05, 3.63) is 41.7 Å². The first-order valence-electron chi connectivity index (χ1n) is 6.26. The molecule has 1 aromatic heterocycles. The molecule has 0 unspecified atom stereocenters. The molecule has 6 nitrogen and oxygen atoms in total. The fraction of sp³-hybridized carbons (Fsp3) is 0.286. The Balaban J connectivity index is 2.01. The van der Waals surface area contributed by atoms with Crippen LogP contribution in [0.15, 0.2) is 30.5 Å². The van der Waals surface area contributed by atoms with E-state index in [2.05, 4.69) is 20.5 Å². The second-order valence-corrected chi connectivity index (χ2v) is 4.46. The fourth-order valence-corrected chi connectivity index (χ4v) is 1.90. The second-order valence-electron chi connectivity index (χ2n) is 4.46. The van der Waals surface area contributed by atoms with E-state index in [1.807, 2.05) is 38.4 Å². The van der Waals surface area contributed by atoms with Crippen LogP contribution in [0.5, 0.6) is 0 Å². The zero-order chi connectivity index (χ0) is 14.5. The number of methoxy groups -OCH3 is 1. The predicted octanol–water partition coefficient (Wildman–Crippen LogP) is 2.52. The molecule has 0 saturated heterocycles. The molecule has 0 spiro atoms. The molecular formula is C14H18N4O2. The Bertz CT molecular complexity index is 607. The van der Waals surface area contributed by atoms with Gasteiger partial charge in [-0.3, -0.25) is 10.00 Å². The number of aryl methyl sites for hydroxylation is 2. The van der Waals surface area contributed by atoms with Crippen molar-refractivity contribution in [2.45, 2.75) is 13.5 Å². The van der Waals surface area contributed by atoms with Gasteiger partial charge in [0.2, 0.25) is 0 Å². The molecule has 0 aliphatic heterocycles. The van der Waals surface area contributed by atoms with Gasteiger partial charge >= 0.3 is 6.09 Å². The van der Waals surface area contributed by atoms with E-state index in [0.717, 1.165) is 16.9 Å². The number of amides is 1. The highest BCUT2D eigenvalue weighted by atomic mass is 16.5. The monoisotopic (exact) mass is 274 g/mol. The van der Waals surface area contributed by atoms with Crippen LogP contribution in [0, 0.1) is 6.92 Å². The lowest BCUT2D eigenvalue weighted by molar-refractivity contribution is 0.187. The normalized spacial score (nSPS) is 10.2. The van der Waals surface area contributed by atoms with Crippen LogP contribution >= 0.6 is 0 Å². The molecule has 1 heterocycles. The number of hydrogen-bond acceptors (Lipinski definition) is 4. The minimum Gasteiger partial charge on any atom is -0.453 e. The first-order chi connectivity index (χ1) is 9.58. The van der Waals surface area contributed by atoms with Gasteiger partial charge in [0, 0.05) is 36.7 Å². The van der Waals surface area contributed by atoms with E-state index in [-0.39, 0.29) is 0 Å². The van der Waals surface area contributed by atoms with Crippen LogP contribution in [0.25, 0.3) is 0 Å². The average molecular weight is 274 g/mol. The first-order valence-corrected chi connectivity index (χ1v) is 6.26. The summed E-state index contributed by atoms with van der Waals surface area (Å²) in [6.45, 7) is 2.66. The number of ether oxygens (including phenoxy) is 1. The number of carbonyl (C=O) groups is 1. The van der Waals surface area contributed by atoms with Crippen LogP contribution < -0.4 is 10.6 Å². The fourth-order valence-electron chi connectivity index (χ4n) is 1.90. The highest BCUT2D eigenvalue weighted by Gasteiger charge is 2.04. The standard InChI is InChI=1S/C14H18N4O2/c1-10-11(9-18(2)17-10)8-15-12-5-4-6-13(7-12)16-14(19)20-3/h4-7,9,15H,8H2,1-3H3,(H,16,19). The van der Waals surface area contributed by atoms with Gasteiger partial charge in [0.1, 0.15) is 0 Å². The largest absolute Gasteiger partial charge is 0.453 e. The van der Waals surface area contributed by atoms with Crippen LogP contribution in [0.4, 0.5) is 16.2 Å². The van der Waals surface area contributed by atoms with E-state index in [1.54, 1.807) is 10.7 Å². The zero-order valence-electron chi connectivity index (χ0n) is 11.8. The molecule has 2 rings (SSSR count). The van der Waals surface area contributed by atoms with Crippen LogP contribution in [-0.4, -0.2) is 23.0 Å². The molecule has 0 atom stereocenters. The third-order valence-electron chi connectivity index (χ3n) is 2.89. The number of nitrogens with one attached hydrogen (secondary N) is 2. The lowest BCUT2D eigenvalue weighted by Crippen LogP contribution is -2.11. The Morgan fingerprint density at radius 3 is 2.80 bits per heavy atom. The van der Waals surface area contributed by atoms with Gasteiger partial charge in [-0.05, 0) is 25.1 Å². The summed E-state index contributed by atoms with van der Waals surface area (Å²) in [6.07, 6.45) is 1.50. The number of carbonyl (C=O) groups excluding carboxylic acids is 1. The summed E-state index contributed by atoms with van der Waals surface area (Å²) < 4.78 is 6.35. The Morgan fingerprint density at radius 1 is 1.40 bits per heavy atom. The lowest BCUT2D eigenvalue weighted by atomic mass is 10.2. The van der Waals surface area contributed by atoms with Crippen LogP contribution in [-0.2, 0) is 18.3 Å². The summed E-state index contributed by atoms with van der Waals surface area (Å²) >= 11 is 0. The molecule has 0 radical (unpaired) electrons. The van der Waals surface area contributed by atoms with Crippen molar-refractivity contribution >= 4 is 17.5 Å². The molecule has 0 aliphatic rings. The van der Waals surface area contributed by atoms with Crippen molar-refractivity contribution in [1.82, 2.24) is 9.78 Å². The molecule has 1 aromatic carbocycles. The van der Waals surface area contributed by atoms with Gasteiger partial charge in [-0.15, -0.1) is 0 Å². The summed E-state index contributed by atoms with van der Waals surface area (Å²) in [7, 11) is 3.24. The molecular weight excluding hydrogens is 256 g/mol. The van der Waals surface area contributed by atoms with Gasteiger partial charge in [-0.25, -0.2) is 4.79 Å². The number of aromatic nitrogens is 2. The lowest BCUT2D eigenvalue weighted by Gasteiger charge is -2.08. The van der Waals surface area contributed by atoms with Gasteiger partial charge in [0.05, 0.1) is 12.8 Å². The molecule has 106 valence electrons. The molecule has 2 N–H and O–H groups in total. The van der Waals surface area contributed by atoms with Crippen LogP contribution in [0.2, 0.25) is 0 Å². The molecule has 0 bridgehead atoms. The van der Waals surface area contributed by atoms with Gasteiger partial charge in [0.25, 0.3) is 0 Å². The van der Waals surface area contributed by atoms with Crippen molar-refractivity contribution in [2.24, 2.45) is 7.05 Å². The average Bonchev–Trinajstić information content (AvgIpc) is 2.75. The van der Waals surface area contributed by atoms with E-state index in [0.29, 0.717) is 12.2 Å². The zero-order valence-corrected chi connectivity index (χ0v) is 11.8. The highest BCUT2D eigenvalue weighted by Crippen LogP contribution is 2.16. The summed E-state index contributed by atoms with van der Waals surface area (Å²) in [5.41, 5.74) is 3.74. The molecule has 0 aliphatic carbocycles. The third-order valence-corrected chi connectivity index (χ3v) is 2.89. The van der Waals surface area contributed by atoms with Gasteiger partial charge in [-0.1, -0.05) is 6.07 Å².